The first-order chi connectivity index (χ1) is 24.9. The summed E-state index contributed by atoms with van der Waals surface area (Å²) >= 11 is 0. The third-order valence-corrected chi connectivity index (χ3v) is 12.4. The Bertz CT molecular complexity index is 975. The molecule has 1 heterocycles. The highest BCUT2D eigenvalue weighted by atomic mass is 16.2. The van der Waals surface area contributed by atoms with Crippen molar-refractivity contribution in [3.63, 3.8) is 0 Å². The fourth-order valence-electron chi connectivity index (χ4n) is 9.18. The first kappa shape index (κ1) is 45.1. The first-order valence-corrected chi connectivity index (χ1v) is 22.3. The van der Waals surface area contributed by atoms with Gasteiger partial charge in [-0.1, -0.05) is 187 Å². The molecular weight excluding hydrogens is 621 g/mol. The molecule has 0 radical (unpaired) electrons. The molecule has 3 heteroatoms. The Morgan fingerprint density at radius 2 is 1.14 bits per heavy atom. The van der Waals surface area contributed by atoms with Crippen LogP contribution in [0.5, 0.6) is 0 Å². The van der Waals surface area contributed by atoms with Crippen LogP contribution in [-0.4, -0.2) is 35.8 Å². The van der Waals surface area contributed by atoms with Gasteiger partial charge in [0.1, 0.15) is 0 Å². The SMILES string of the molecule is C=C/C=C\C(=C)N(C)CCCCCCCCC1CCC(CCCCCC)C(CCCCCCCC)C1CCCCCCCCN1C(=C)C=CC1=O. The second-order valence-corrected chi connectivity index (χ2v) is 16.5. The van der Waals surface area contributed by atoms with Crippen molar-refractivity contribution in [2.75, 3.05) is 20.1 Å². The van der Waals surface area contributed by atoms with Crippen LogP contribution in [0.2, 0.25) is 0 Å². The van der Waals surface area contributed by atoms with Crippen molar-refractivity contribution in [2.45, 2.75) is 194 Å². The van der Waals surface area contributed by atoms with Crippen molar-refractivity contribution in [2.24, 2.45) is 23.7 Å². The molecule has 1 fully saturated rings. The van der Waals surface area contributed by atoms with E-state index in [9.17, 15) is 4.79 Å². The maximum atomic E-state index is 12.0. The Kier molecular flexibility index (Phi) is 26.0. The molecule has 2 aliphatic rings. The second-order valence-electron chi connectivity index (χ2n) is 16.5. The quantitative estimate of drug-likeness (QED) is 0.0501. The Hall–Kier alpha value is -2.03. The third kappa shape index (κ3) is 19.6. The number of unbranched alkanes of at least 4 members (excludes halogenated alkanes) is 18. The van der Waals surface area contributed by atoms with Gasteiger partial charge in [0, 0.05) is 37.6 Å². The summed E-state index contributed by atoms with van der Waals surface area (Å²) in [4.78, 5) is 16.1. The molecule has 292 valence electrons. The molecule has 51 heavy (non-hydrogen) atoms. The van der Waals surface area contributed by atoms with E-state index >= 15 is 0 Å². The van der Waals surface area contributed by atoms with Crippen LogP contribution in [0, 0.1) is 23.7 Å². The van der Waals surface area contributed by atoms with Crippen molar-refractivity contribution in [1.29, 1.82) is 0 Å². The Balaban J connectivity index is 1.86. The highest BCUT2D eigenvalue weighted by Crippen LogP contribution is 2.47. The molecule has 3 nitrogen and oxygen atoms in total. The number of amides is 1. The minimum atomic E-state index is 0.111. The number of hydrogen-bond acceptors (Lipinski definition) is 2. The number of carbonyl (C=O) groups excluding carboxylic acids is 1. The second kappa shape index (κ2) is 29.4. The van der Waals surface area contributed by atoms with E-state index < -0.39 is 0 Å². The molecule has 0 bridgehead atoms. The number of nitrogens with zero attached hydrogens (tertiary/aromatic N) is 2. The highest BCUT2D eigenvalue weighted by Gasteiger charge is 2.37. The molecule has 0 aromatic rings. The Morgan fingerprint density at radius 1 is 0.686 bits per heavy atom. The molecule has 0 spiro atoms. The topological polar surface area (TPSA) is 23.6 Å². The van der Waals surface area contributed by atoms with E-state index in [0.29, 0.717) is 0 Å². The molecule has 1 aliphatic carbocycles. The van der Waals surface area contributed by atoms with Crippen molar-refractivity contribution in [3.8, 4) is 0 Å². The van der Waals surface area contributed by atoms with Crippen LogP contribution in [0.4, 0.5) is 0 Å². The molecule has 2 rings (SSSR count). The van der Waals surface area contributed by atoms with Gasteiger partial charge in [0.05, 0.1) is 0 Å². The zero-order chi connectivity index (χ0) is 36.9. The van der Waals surface area contributed by atoms with Gasteiger partial charge < -0.3 is 9.80 Å². The minimum absolute atomic E-state index is 0.111. The Labute approximate surface area is 318 Å². The van der Waals surface area contributed by atoms with Gasteiger partial charge >= 0.3 is 0 Å². The number of rotatable bonds is 33. The molecule has 0 aromatic heterocycles. The number of hydrogen-bond donors (Lipinski definition) is 0. The smallest absolute Gasteiger partial charge is 0.251 e. The molecular formula is C48H84N2O. The summed E-state index contributed by atoms with van der Waals surface area (Å²) in [5.41, 5.74) is 1.94. The Morgan fingerprint density at radius 3 is 1.63 bits per heavy atom. The van der Waals surface area contributed by atoms with Gasteiger partial charge in [-0.2, -0.15) is 0 Å². The van der Waals surface area contributed by atoms with E-state index in [-0.39, 0.29) is 5.91 Å². The van der Waals surface area contributed by atoms with Crippen molar-refractivity contribution in [1.82, 2.24) is 9.80 Å². The van der Waals surface area contributed by atoms with Gasteiger partial charge in [0.25, 0.3) is 5.91 Å². The molecule has 4 atom stereocenters. The molecule has 0 saturated heterocycles. The average molecular weight is 705 g/mol. The van der Waals surface area contributed by atoms with Crippen molar-refractivity contribution < 1.29 is 4.79 Å². The van der Waals surface area contributed by atoms with Crippen molar-refractivity contribution >= 4 is 5.91 Å². The van der Waals surface area contributed by atoms with Gasteiger partial charge in [0.2, 0.25) is 0 Å². The largest absolute Gasteiger partial charge is 0.375 e. The van der Waals surface area contributed by atoms with Crippen LogP contribution in [0.1, 0.15) is 194 Å². The average Bonchev–Trinajstić information content (AvgIpc) is 3.45. The zero-order valence-electron chi connectivity index (χ0n) is 34.3. The lowest BCUT2D eigenvalue weighted by molar-refractivity contribution is -0.123. The van der Waals surface area contributed by atoms with Gasteiger partial charge in [-0.15, -0.1) is 0 Å². The van der Waals surface area contributed by atoms with Crippen LogP contribution < -0.4 is 0 Å². The molecule has 1 saturated carbocycles. The van der Waals surface area contributed by atoms with Crippen LogP contribution in [0.15, 0.2) is 61.5 Å². The summed E-state index contributed by atoms with van der Waals surface area (Å²) in [5.74, 6) is 4.00. The molecule has 4 unspecified atom stereocenters. The first-order valence-electron chi connectivity index (χ1n) is 22.3. The standard InChI is InChI=1S/C48H84N2O/c1-7-10-13-15-21-27-34-46-44(32-25-14-11-8-2)37-38-45(33-26-20-16-18-23-29-40-49(6)42(4)31-12-9-3)47(46)35-28-22-17-19-24-30-41-50-43(5)36-39-48(50)51/h9,12,31,36,39,44-47H,3-5,7-8,10-11,13-30,32-35,37-38,40-41H2,1-2,6H3/b31-12-. The summed E-state index contributed by atoms with van der Waals surface area (Å²) in [6.07, 6.45) is 48.6. The molecule has 0 aromatic carbocycles. The lowest BCUT2D eigenvalue weighted by Crippen LogP contribution is -2.35. The van der Waals surface area contributed by atoms with E-state index in [0.717, 1.165) is 54.6 Å². The maximum absolute atomic E-state index is 12.0. The number of carbonyl (C=O) groups is 1. The van der Waals surface area contributed by atoms with E-state index in [1.54, 1.807) is 6.08 Å². The summed E-state index contributed by atoms with van der Waals surface area (Å²) < 4.78 is 0. The monoisotopic (exact) mass is 705 g/mol. The minimum Gasteiger partial charge on any atom is -0.375 e. The van der Waals surface area contributed by atoms with E-state index in [4.69, 9.17) is 0 Å². The highest BCUT2D eigenvalue weighted by molar-refractivity contribution is 5.92. The predicted molar refractivity (Wildman–Crippen MR) is 226 cm³/mol. The third-order valence-electron chi connectivity index (χ3n) is 12.4. The summed E-state index contributed by atoms with van der Waals surface area (Å²) in [5, 5.41) is 0. The van der Waals surface area contributed by atoms with E-state index in [1.165, 1.54) is 173 Å². The van der Waals surface area contributed by atoms with Gasteiger partial charge in [-0.05, 0) is 74.3 Å². The fourth-order valence-corrected chi connectivity index (χ4v) is 9.18. The summed E-state index contributed by atoms with van der Waals surface area (Å²) in [6.45, 7) is 18.6. The normalized spacial score (nSPS) is 20.6. The lowest BCUT2D eigenvalue weighted by Gasteiger charge is -2.44. The summed E-state index contributed by atoms with van der Waals surface area (Å²) in [6, 6.07) is 0. The predicted octanol–water partition coefficient (Wildman–Crippen LogP) is 14.5. The maximum Gasteiger partial charge on any atom is 0.251 e. The number of allylic oxidation sites excluding steroid dienone is 4. The van der Waals surface area contributed by atoms with Crippen LogP contribution >= 0.6 is 0 Å². The van der Waals surface area contributed by atoms with E-state index in [2.05, 4.69) is 51.6 Å². The van der Waals surface area contributed by atoms with Crippen LogP contribution in [0.3, 0.4) is 0 Å². The fraction of sp³-hybridized carbons (Fsp3) is 0.771. The van der Waals surface area contributed by atoms with Crippen LogP contribution in [0.25, 0.3) is 0 Å². The van der Waals surface area contributed by atoms with E-state index in [1.807, 2.05) is 23.1 Å². The van der Waals surface area contributed by atoms with Gasteiger partial charge in [-0.3, -0.25) is 4.79 Å². The molecule has 1 amide bonds. The molecule has 1 aliphatic heterocycles. The molecule has 0 N–H and O–H groups in total. The van der Waals surface area contributed by atoms with Crippen molar-refractivity contribution in [3.05, 3.63) is 61.5 Å². The zero-order valence-corrected chi connectivity index (χ0v) is 34.3. The summed E-state index contributed by atoms with van der Waals surface area (Å²) in [7, 11) is 2.16. The lowest BCUT2D eigenvalue weighted by atomic mass is 9.61. The van der Waals surface area contributed by atoms with Gasteiger partial charge in [0.15, 0.2) is 0 Å². The van der Waals surface area contributed by atoms with Crippen LogP contribution in [-0.2, 0) is 4.79 Å². The number of likely N-dealkylation sites (N-methyl/N-ethyl adjacent to an activating group) is 1. The van der Waals surface area contributed by atoms with Gasteiger partial charge in [-0.25, -0.2) is 0 Å².